The highest BCUT2D eigenvalue weighted by molar-refractivity contribution is 5.27. The molecule has 1 unspecified atom stereocenters. The van der Waals surface area contributed by atoms with Gasteiger partial charge in [0.05, 0.1) is 6.61 Å². The van der Waals surface area contributed by atoms with Gasteiger partial charge in [-0.3, -0.25) is 0 Å². The van der Waals surface area contributed by atoms with Gasteiger partial charge >= 0.3 is 0 Å². The van der Waals surface area contributed by atoms with Crippen molar-refractivity contribution in [2.45, 2.75) is 26.2 Å². The third kappa shape index (κ3) is 5.20. The molecule has 0 amide bonds. The molecule has 0 aliphatic rings. The largest absolute Gasteiger partial charge is 0.494 e. The van der Waals surface area contributed by atoms with Crippen LogP contribution in [0.3, 0.4) is 0 Å². The van der Waals surface area contributed by atoms with Crippen LogP contribution in [0.25, 0.3) is 0 Å². The monoisotopic (exact) mass is 237 g/mol. The van der Waals surface area contributed by atoms with Gasteiger partial charge in [-0.2, -0.15) is 0 Å². The fourth-order valence-corrected chi connectivity index (χ4v) is 1.61. The number of unbranched alkanes of at least 4 members (excludes halogenated alkanes) is 1. The number of benzene rings is 1. The molecule has 0 aromatic heterocycles. The van der Waals surface area contributed by atoms with Crippen LogP contribution >= 0.6 is 0 Å². The van der Waals surface area contributed by atoms with Gasteiger partial charge in [0.2, 0.25) is 0 Å². The van der Waals surface area contributed by atoms with Gasteiger partial charge in [0.15, 0.2) is 0 Å². The van der Waals surface area contributed by atoms with E-state index in [1.54, 1.807) is 0 Å². The summed E-state index contributed by atoms with van der Waals surface area (Å²) in [5.74, 6) is 1.07. The lowest BCUT2D eigenvalue weighted by atomic mass is 10.0. The van der Waals surface area contributed by atoms with Gasteiger partial charge in [-0.15, -0.1) is 0 Å². The van der Waals surface area contributed by atoms with Gasteiger partial charge in [0, 0.05) is 6.61 Å². The van der Waals surface area contributed by atoms with Gasteiger partial charge in [0.25, 0.3) is 0 Å². The number of aliphatic hydroxyl groups is 1. The van der Waals surface area contributed by atoms with Gasteiger partial charge in [-0.1, -0.05) is 25.5 Å². The molecular formula is C14H23NO2. The summed E-state index contributed by atoms with van der Waals surface area (Å²) in [4.78, 5) is 0. The summed E-state index contributed by atoms with van der Waals surface area (Å²) in [5, 5.41) is 9.08. The van der Waals surface area contributed by atoms with E-state index in [2.05, 4.69) is 6.92 Å². The predicted molar refractivity (Wildman–Crippen MR) is 70.2 cm³/mol. The van der Waals surface area contributed by atoms with Crippen LogP contribution in [-0.4, -0.2) is 24.9 Å². The van der Waals surface area contributed by atoms with E-state index in [1.165, 1.54) is 5.56 Å². The Labute approximate surface area is 104 Å². The summed E-state index contributed by atoms with van der Waals surface area (Å²) in [6.45, 7) is 3.59. The lowest BCUT2D eigenvalue weighted by molar-refractivity contribution is 0.230. The molecule has 1 atom stereocenters. The Morgan fingerprint density at radius 1 is 1.29 bits per heavy atom. The molecule has 0 aliphatic carbocycles. The Kier molecular flexibility index (Phi) is 6.67. The van der Waals surface area contributed by atoms with E-state index in [1.807, 2.05) is 24.3 Å². The second-order valence-corrected chi connectivity index (χ2v) is 4.33. The van der Waals surface area contributed by atoms with E-state index < -0.39 is 0 Å². The second-order valence-electron chi connectivity index (χ2n) is 4.33. The maximum absolute atomic E-state index is 9.08. The van der Waals surface area contributed by atoms with E-state index in [4.69, 9.17) is 15.6 Å². The van der Waals surface area contributed by atoms with E-state index in [-0.39, 0.29) is 12.5 Å². The molecular weight excluding hydrogens is 214 g/mol. The molecule has 0 saturated heterocycles. The fraction of sp³-hybridized carbons (Fsp3) is 0.571. The van der Waals surface area contributed by atoms with Crippen LogP contribution in [0.2, 0.25) is 0 Å². The predicted octanol–water partition coefficient (Wildman–Crippen LogP) is 1.98. The number of hydrogen-bond acceptors (Lipinski definition) is 3. The number of aliphatic hydroxyl groups excluding tert-OH is 1. The maximum Gasteiger partial charge on any atom is 0.119 e. The van der Waals surface area contributed by atoms with Crippen molar-refractivity contribution in [3.8, 4) is 5.75 Å². The molecule has 0 spiro atoms. The number of nitrogens with two attached hydrogens (primary N) is 1. The summed E-state index contributed by atoms with van der Waals surface area (Å²) in [6.07, 6.45) is 3.05. The Morgan fingerprint density at radius 2 is 2.00 bits per heavy atom. The van der Waals surface area contributed by atoms with Crippen LogP contribution in [0.5, 0.6) is 5.75 Å². The summed E-state index contributed by atoms with van der Waals surface area (Å²) >= 11 is 0. The van der Waals surface area contributed by atoms with Gasteiger partial charge in [0.1, 0.15) is 5.75 Å². The van der Waals surface area contributed by atoms with Crippen molar-refractivity contribution < 1.29 is 9.84 Å². The Morgan fingerprint density at radius 3 is 2.53 bits per heavy atom. The molecule has 3 nitrogen and oxygen atoms in total. The lowest BCUT2D eigenvalue weighted by Crippen LogP contribution is -2.20. The molecule has 17 heavy (non-hydrogen) atoms. The van der Waals surface area contributed by atoms with E-state index >= 15 is 0 Å². The van der Waals surface area contributed by atoms with E-state index in [0.717, 1.165) is 31.6 Å². The molecule has 0 radical (unpaired) electrons. The molecule has 0 saturated carbocycles. The molecule has 0 bridgehead atoms. The van der Waals surface area contributed by atoms with Crippen LogP contribution in [-0.2, 0) is 6.42 Å². The highest BCUT2D eigenvalue weighted by atomic mass is 16.5. The van der Waals surface area contributed by atoms with Crippen molar-refractivity contribution in [1.29, 1.82) is 0 Å². The third-order valence-electron chi connectivity index (χ3n) is 2.81. The molecule has 1 rings (SSSR count). The zero-order chi connectivity index (χ0) is 12.5. The quantitative estimate of drug-likeness (QED) is 0.680. The van der Waals surface area contributed by atoms with Crippen LogP contribution in [0.15, 0.2) is 24.3 Å². The molecule has 1 aromatic carbocycles. The summed E-state index contributed by atoms with van der Waals surface area (Å²) in [7, 11) is 0. The minimum Gasteiger partial charge on any atom is -0.494 e. The van der Waals surface area contributed by atoms with Crippen LogP contribution in [0, 0.1) is 5.92 Å². The average molecular weight is 237 g/mol. The Bertz CT molecular complexity index is 294. The Hall–Kier alpha value is -1.06. The standard InChI is InChI=1S/C14H23NO2/c1-2-3-8-17-14-6-4-12(5-7-14)9-13(10-15)11-16/h4-7,13,16H,2-3,8-11,15H2,1H3. The maximum atomic E-state index is 9.08. The zero-order valence-corrected chi connectivity index (χ0v) is 10.6. The number of rotatable bonds is 8. The number of hydrogen-bond donors (Lipinski definition) is 2. The topological polar surface area (TPSA) is 55.5 Å². The smallest absolute Gasteiger partial charge is 0.119 e. The average Bonchev–Trinajstić information content (AvgIpc) is 2.38. The van der Waals surface area contributed by atoms with Crippen molar-refractivity contribution in [3.05, 3.63) is 29.8 Å². The van der Waals surface area contributed by atoms with Crippen LogP contribution in [0.4, 0.5) is 0 Å². The summed E-state index contributed by atoms with van der Waals surface area (Å²) in [6, 6.07) is 8.05. The van der Waals surface area contributed by atoms with Crippen LogP contribution < -0.4 is 10.5 Å². The molecule has 0 heterocycles. The SMILES string of the molecule is CCCCOc1ccc(CC(CN)CO)cc1. The van der Waals surface area contributed by atoms with Gasteiger partial charge in [-0.25, -0.2) is 0 Å². The third-order valence-corrected chi connectivity index (χ3v) is 2.81. The minimum absolute atomic E-state index is 0.144. The summed E-state index contributed by atoms with van der Waals surface area (Å²) < 4.78 is 5.58. The molecule has 96 valence electrons. The normalized spacial score (nSPS) is 12.4. The van der Waals surface area contributed by atoms with Gasteiger partial charge in [-0.05, 0) is 43.0 Å². The highest BCUT2D eigenvalue weighted by Crippen LogP contribution is 2.15. The van der Waals surface area contributed by atoms with Crippen molar-refractivity contribution in [3.63, 3.8) is 0 Å². The molecule has 0 aliphatic heterocycles. The van der Waals surface area contributed by atoms with E-state index in [9.17, 15) is 0 Å². The number of ether oxygens (including phenoxy) is 1. The molecule has 3 heteroatoms. The fourth-order valence-electron chi connectivity index (χ4n) is 1.61. The first-order valence-electron chi connectivity index (χ1n) is 6.32. The molecule has 3 N–H and O–H groups in total. The Balaban J connectivity index is 2.44. The molecule has 0 fully saturated rings. The van der Waals surface area contributed by atoms with E-state index in [0.29, 0.717) is 6.54 Å². The highest BCUT2D eigenvalue weighted by Gasteiger charge is 2.06. The van der Waals surface area contributed by atoms with Gasteiger partial charge < -0.3 is 15.6 Å². The second kappa shape index (κ2) is 8.09. The first-order chi connectivity index (χ1) is 8.30. The lowest BCUT2D eigenvalue weighted by Gasteiger charge is -2.12. The summed E-state index contributed by atoms with van der Waals surface area (Å²) in [5.41, 5.74) is 6.75. The van der Waals surface area contributed by atoms with Crippen LogP contribution in [0.1, 0.15) is 25.3 Å². The molecule has 1 aromatic rings. The first-order valence-corrected chi connectivity index (χ1v) is 6.32. The van der Waals surface area contributed by atoms with Crippen molar-refractivity contribution >= 4 is 0 Å². The van der Waals surface area contributed by atoms with Crippen molar-refractivity contribution in [2.75, 3.05) is 19.8 Å². The zero-order valence-electron chi connectivity index (χ0n) is 10.6. The minimum atomic E-state index is 0.144. The van der Waals surface area contributed by atoms with Crippen molar-refractivity contribution in [2.24, 2.45) is 11.7 Å². The first kappa shape index (κ1) is 14.0. The van der Waals surface area contributed by atoms with Crippen molar-refractivity contribution in [1.82, 2.24) is 0 Å².